The molecule has 1 aliphatic carbocycles. The first-order chi connectivity index (χ1) is 15.3. The maximum Gasteiger partial charge on any atom is 0.239 e. The van der Waals surface area contributed by atoms with Crippen LogP contribution in [0.3, 0.4) is 0 Å². The Kier molecular flexibility index (Phi) is 8.39. The van der Waals surface area contributed by atoms with E-state index in [1.807, 2.05) is 30.3 Å². The zero-order valence-electron chi connectivity index (χ0n) is 18.0. The third kappa shape index (κ3) is 7.44. The summed E-state index contributed by atoms with van der Waals surface area (Å²) in [4.78, 5) is 24.7. The Morgan fingerprint density at radius 2 is 1.69 bits per heavy atom. The number of amides is 2. The van der Waals surface area contributed by atoms with Gasteiger partial charge in [0.15, 0.2) is 9.84 Å². The maximum atomic E-state index is 14.2. The third-order valence-electron chi connectivity index (χ3n) is 5.60. The van der Waals surface area contributed by atoms with Gasteiger partial charge in [-0.1, -0.05) is 49.6 Å². The van der Waals surface area contributed by atoms with Crippen LogP contribution >= 0.6 is 0 Å². The van der Waals surface area contributed by atoms with Gasteiger partial charge in [0.25, 0.3) is 0 Å². The molecule has 1 fully saturated rings. The number of benzene rings is 2. The van der Waals surface area contributed by atoms with Crippen LogP contribution in [0, 0.1) is 11.7 Å². The fourth-order valence-electron chi connectivity index (χ4n) is 3.91. The predicted molar refractivity (Wildman–Crippen MR) is 124 cm³/mol. The lowest BCUT2D eigenvalue weighted by molar-refractivity contribution is -0.120. The Morgan fingerprint density at radius 3 is 2.41 bits per heavy atom. The molecular formula is C24H29FN2O4S. The van der Waals surface area contributed by atoms with E-state index in [1.54, 1.807) is 0 Å². The highest BCUT2D eigenvalue weighted by Crippen LogP contribution is 2.26. The number of nitrogens with one attached hydrogen (secondary N) is 2. The first kappa shape index (κ1) is 23.9. The van der Waals surface area contributed by atoms with E-state index in [9.17, 15) is 22.4 Å². The monoisotopic (exact) mass is 460 g/mol. The third-order valence-corrected chi connectivity index (χ3v) is 7.21. The van der Waals surface area contributed by atoms with Crippen molar-refractivity contribution >= 4 is 33.0 Å². The van der Waals surface area contributed by atoms with E-state index in [2.05, 4.69) is 10.6 Å². The van der Waals surface area contributed by atoms with Gasteiger partial charge in [0.05, 0.1) is 11.4 Å². The molecule has 2 N–H and O–H groups in total. The van der Waals surface area contributed by atoms with Gasteiger partial charge in [-0.3, -0.25) is 9.59 Å². The molecule has 2 amide bonds. The Hall–Kier alpha value is -2.74. The normalized spacial score (nSPS) is 14.7. The number of aryl methyl sites for hydroxylation is 1. The molecule has 1 aliphatic rings. The minimum Gasteiger partial charge on any atom is -0.325 e. The van der Waals surface area contributed by atoms with Crippen molar-refractivity contribution in [2.45, 2.75) is 44.9 Å². The molecule has 1 saturated carbocycles. The van der Waals surface area contributed by atoms with E-state index < -0.39 is 27.3 Å². The second-order valence-electron chi connectivity index (χ2n) is 8.25. The van der Waals surface area contributed by atoms with Gasteiger partial charge in [-0.25, -0.2) is 12.8 Å². The summed E-state index contributed by atoms with van der Waals surface area (Å²) in [6, 6.07) is 13.3. The van der Waals surface area contributed by atoms with Gasteiger partial charge in [-0.2, -0.15) is 0 Å². The Morgan fingerprint density at radius 1 is 0.969 bits per heavy atom. The number of carbonyl (C=O) groups excluding carboxylic acids is 2. The average molecular weight is 461 g/mol. The van der Waals surface area contributed by atoms with E-state index in [0.717, 1.165) is 43.7 Å². The lowest BCUT2D eigenvalue weighted by Gasteiger charge is -2.21. The van der Waals surface area contributed by atoms with Crippen LogP contribution in [-0.4, -0.2) is 31.7 Å². The topological polar surface area (TPSA) is 92.3 Å². The van der Waals surface area contributed by atoms with E-state index in [0.29, 0.717) is 12.8 Å². The van der Waals surface area contributed by atoms with Crippen molar-refractivity contribution in [3.8, 4) is 0 Å². The number of anilines is 2. The van der Waals surface area contributed by atoms with Crippen LogP contribution in [0.1, 0.15) is 44.1 Å². The summed E-state index contributed by atoms with van der Waals surface area (Å²) < 4.78 is 38.7. The minimum absolute atomic E-state index is 0.0240. The number of hydrogen-bond donors (Lipinski definition) is 2. The van der Waals surface area contributed by atoms with Crippen molar-refractivity contribution in [3.63, 3.8) is 0 Å². The summed E-state index contributed by atoms with van der Waals surface area (Å²) in [5.41, 5.74) is 1.25. The molecular weight excluding hydrogens is 431 g/mol. The Balaban J connectivity index is 1.52. The van der Waals surface area contributed by atoms with Crippen LogP contribution in [0.25, 0.3) is 0 Å². The molecule has 0 saturated heterocycles. The molecule has 3 rings (SSSR count). The summed E-state index contributed by atoms with van der Waals surface area (Å²) in [5.74, 6) is -2.42. The molecule has 2 aromatic carbocycles. The van der Waals surface area contributed by atoms with Crippen molar-refractivity contribution in [1.82, 2.24) is 0 Å². The quantitative estimate of drug-likeness (QED) is 0.583. The van der Waals surface area contributed by atoms with Gasteiger partial charge in [0.2, 0.25) is 11.8 Å². The SMILES string of the molecule is O=C(CS(=O)(=O)CCCc1ccccc1)Nc1ccc(F)c(NC(=O)C2CCCCC2)c1. The largest absolute Gasteiger partial charge is 0.325 e. The fourth-order valence-corrected chi connectivity index (χ4v) is 5.11. The van der Waals surface area contributed by atoms with E-state index in [1.165, 1.54) is 12.1 Å². The van der Waals surface area contributed by atoms with Gasteiger partial charge in [0.1, 0.15) is 11.6 Å². The summed E-state index contributed by atoms with van der Waals surface area (Å²) in [5, 5.41) is 5.09. The molecule has 0 aliphatic heterocycles. The molecule has 0 bridgehead atoms. The van der Waals surface area contributed by atoms with Crippen LogP contribution in [0.15, 0.2) is 48.5 Å². The molecule has 0 spiro atoms. The van der Waals surface area contributed by atoms with Crippen molar-refractivity contribution in [2.75, 3.05) is 22.1 Å². The number of rotatable bonds is 9. The van der Waals surface area contributed by atoms with Crippen LogP contribution in [0.2, 0.25) is 0 Å². The zero-order valence-corrected chi connectivity index (χ0v) is 18.8. The van der Waals surface area contributed by atoms with Gasteiger partial charge < -0.3 is 10.6 Å². The zero-order chi connectivity index (χ0) is 23.0. The van der Waals surface area contributed by atoms with Gasteiger partial charge in [-0.15, -0.1) is 0 Å². The number of halogens is 1. The van der Waals surface area contributed by atoms with Crippen LogP contribution in [0.4, 0.5) is 15.8 Å². The number of sulfone groups is 1. The first-order valence-electron chi connectivity index (χ1n) is 11.0. The van der Waals surface area contributed by atoms with Gasteiger partial charge in [0, 0.05) is 11.6 Å². The van der Waals surface area contributed by atoms with Crippen molar-refractivity contribution in [1.29, 1.82) is 0 Å². The Bertz CT molecular complexity index is 1040. The standard InChI is InChI=1S/C24H29FN2O4S/c25-21-14-13-20(16-22(21)27-24(29)19-11-5-2-6-12-19)26-23(28)17-32(30,31)15-7-10-18-8-3-1-4-9-18/h1,3-4,8-9,13-14,16,19H,2,5-7,10-12,15,17H2,(H,26,28)(H,27,29). The highest BCUT2D eigenvalue weighted by atomic mass is 32.2. The van der Waals surface area contributed by atoms with Gasteiger partial charge >= 0.3 is 0 Å². The van der Waals surface area contributed by atoms with Crippen LogP contribution < -0.4 is 10.6 Å². The molecule has 172 valence electrons. The van der Waals surface area contributed by atoms with Crippen molar-refractivity contribution in [3.05, 3.63) is 59.9 Å². The first-order valence-corrected chi connectivity index (χ1v) is 12.8. The molecule has 0 aromatic heterocycles. The van der Waals surface area contributed by atoms with Gasteiger partial charge in [-0.05, 0) is 49.4 Å². The second kappa shape index (κ2) is 11.2. The van der Waals surface area contributed by atoms with E-state index in [-0.39, 0.29) is 29.0 Å². The second-order valence-corrected chi connectivity index (χ2v) is 10.4. The molecule has 0 unspecified atom stereocenters. The summed E-state index contributed by atoms with van der Waals surface area (Å²) in [6.45, 7) is 0. The highest BCUT2D eigenvalue weighted by Gasteiger charge is 2.22. The number of hydrogen-bond acceptors (Lipinski definition) is 4. The summed E-state index contributed by atoms with van der Waals surface area (Å²) in [6.07, 6.45) is 5.68. The molecule has 32 heavy (non-hydrogen) atoms. The molecule has 8 heteroatoms. The molecule has 0 heterocycles. The fraction of sp³-hybridized carbons (Fsp3) is 0.417. The minimum atomic E-state index is -3.58. The molecule has 2 aromatic rings. The van der Waals surface area contributed by atoms with Crippen LogP contribution in [-0.2, 0) is 25.8 Å². The summed E-state index contributed by atoms with van der Waals surface area (Å²) in [7, 11) is -3.58. The van der Waals surface area contributed by atoms with E-state index >= 15 is 0 Å². The lowest BCUT2D eigenvalue weighted by atomic mass is 9.88. The molecule has 6 nitrogen and oxygen atoms in total. The van der Waals surface area contributed by atoms with Crippen LogP contribution in [0.5, 0.6) is 0 Å². The average Bonchev–Trinajstić information content (AvgIpc) is 2.77. The highest BCUT2D eigenvalue weighted by molar-refractivity contribution is 7.92. The number of carbonyl (C=O) groups is 2. The lowest BCUT2D eigenvalue weighted by Crippen LogP contribution is -2.26. The predicted octanol–water partition coefficient (Wildman–Crippen LogP) is 4.33. The molecule has 0 atom stereocenters. The maximum absolute atomic E-state index is 14.2. The van der Waals surface area contributed by atoms with E-state index in [4.69, 9.17) is 0 Å². The summed E-state index contributed by atoms with van der Waals surface area (Å²) >= 11 is 0. The van der Waals surface area contributed by atoms with Crippen molar-refractivity contribution < 1.29 is 22.4 Å². The Labute approximate surface area is 188 Å². The smallest absolute Gasteiger partial charge is 0.239 e. The van der Waals surface area contributed by atoms with Crippen molar-refractivity contribution in [2.24, 2.45) is 5.92 Å². The molecule has 0 radical (unpaired) electrons.